The van der Waals surface area contributed by atoms with Gasteiger partial charge in [-0.05, 0) is 84.1 Å². The second kappa shape index (κ2) is 14.6. The molecule has 0 heterocycles. The van der Waals surface area contributed by atoms with Crippen LogP contribution >= 0.6 is 0 Å². The summed E-state index contributed by atoms with van der Waals surface area (Å²) in [5.74, 6) is -2.12. The molecule has 0 aliphatic carbocycles. The lowest BCUT2D eigenvalue weighted by atomic mass is 10.3. The molecule has 0 radical (unpaired) electrons. The highest BCUT2D eigenvalue weighted by atomic mass is 28.5. The summed E-state index contributed by atoms with van der Waals surface area (Å²) in [7, 11) is -10.2. The maximum absolute atomic E-state index is 11.8. The third-order valence-electron chi connectivity index (χ3n) is 4.87. The van der Waals surface area contributed by atoms with Crippen molar-refractivity contribution in [2.45, 2.75) is 103 Å². The van der Waals surface area contributed by atoms with E-state index in [1.54, 1.807) is 6.92 Å². The van der Waals surface area contributed by atoms with Gasteiger partial charge in [0.05, 0.1) is 6.61 Å². The fraction of sp³-hybridized carbons (Fsp3) is 0.773. The summed E-state index contributed by atoms with van der Waals surface area (Å²) >= 11 is 0. The molecule has 0 aromatic heterocycles. The molecule has 0 fully saturated rings. The maximum Gasteiger partial charge on any atom is 0.469 e. The topological polar surface area (TPSA) is 129 Å². The molecule has 0 unspecified atom stereocenters. The molecule has 0 bridgehead atoms. The minimum Gasteiger partial charge on any atom is -0.481 e. The van der Waals surface area contributed by atoms with Gasteiger partial charge in [-0.3, -0.25) is 9.59 Å². The number of ether oxygens (including phenoxy) is 1. The molecule has 0 saturated heterocycles. The predicted molar refractivity (Wildman–Crippen MR) is 146 cm³/mol. The van der Waals surface area contributed by atoms with Crippen LogP contribution in [0.1, 0.15) is 39.0 Å². The molecular weight excluding hydrogens is 521 g/mol. The Labute approximate surface area is 215 Å². The van der Waals surface area contributed by atoms with Crippen LogP contribution < -0.4 is 0 Å². The van der Waals surface area contributed by atoms with Crippen LogP contribution in [0.5, 0.6) is 0 Å². The van der Waals surface area contributed by atoms with Crippen LogP contribution in [0.2, 0.25) is 64.0 Å². The van der Waals surface area contributed by atoms with Crippen molar-refractivity contribution in [1.82, 2.24) is 0 Å². The average Bonchev–Trinajstić information content (AvgIpc) is 2.61. The number of esters is 1. The third-order valence-corrected chi connectivity index (χ3v) is 19.6. The first-order valence-corrected chi connectivity index (χ1v) is 23.7. The summed E-state index contributed by atoms with van der Waals surface area (Å²) in [5, 5.41) is 18.1. The van der Waals surface area contributed by atoms with E-state index in [4.69, 9.17) is 27.3 Å². The maximum atomic E-state index is 11.8. The number of aliphatic carboxylic acids is 2. The summed E-state index contributed by atoms with van der Waals surface area (Å²) in [6, 6.07) is 1.77. The highest BCUT2D eigenvalue weighted by molar-refractivity contribution is 6.90. The molecule has 0 aliphatic rings. The van der Waals surface area contributed by atoms with Gasteiger partial charge in [0.1, 0.15) is 0 Å². The van der Waals surface area contributed by atoms with Gasteiger partial charge in [0.15, 0.2) is 25.0 Å². The molecule has 204 valence electrons. The minimum absolute atomic E-state index is 0.0797. The number of carboxylic acid groups (broad SMARTS) is 2. The van der Waals surface area contributed by atoms with Gasteiger partial charge in [0.25, 0.3) is 0 Å². The van der Waals surface area contributed by atoms with Crippen molar-refractivity contribution < 1.29 is 41.7 Å². The predicted octanol–water partition coefficient (Wildman–Crippen LogP) is 5.46. The molecule has 0 amide bonds. The lowest BCUT2D eigenvalue weighted by Gasteiger charge is -2.44. The van der Waals surface area contributed by atoms with Gasteiger partial charge < -0.3 is 27.3 Å². The Morgan fingerprint density at radius 3 is 1.49 bits per heavy atom. The minimum atomic E-state index is -3.28. The largest absolute Gasteiger partial charge is 0.481 e. The van der Waals surface area contributed by atoms with Crippen molar-refractivity contribution in [3.05, 3.63) is 12.2 Å². The van der Waals surface area contributed by atoms with E-state index in [-0.39, 0.29) is 19.4 Å². The zero-order valence-corrected chi connectivity index (χ0v) is 26.8. The first kappa shape index (κ1) is 33.9. The van der Waals surface area contributed by atoms with Crippen LogP contribution in [0, 0.1) is 0 Å². The number of rotatable bonds is 19. The van der Waals surface area contributed by atoms with Gasteiger partial charge in [-0.25, -0.2) is 4.79 Å². The Morgan fingerprint density at radius 1 is 0.714 bits per heavy atom. The van der Waals surface area contributed by atoms with Gasteiger partial charge in [-0.1, -0.05) is 6.58 Å². The first-order chi connectivity index (χ1) is 15.8. The van der Waals surface area contributed by atoms with Crippen LogP contribution in [0.25, 0.3) is 0 Å². The molecule has 0 aliphatic heterocycles. The van der Waals surface area contributed by atoms with Gasteiger partial charge in [0, 0.05) is 24.5 Å². The summed E-state index contributed by atoms with van der Waals surface area (Å²) in [6.07, 6.45) is 1.69. The Morgan fingerprint density at radius 2 is 1.14 bits per heavy atom. The van der Waals surface area contributed by atoms with E-state index in [9.17, 15) is 14.4 Å². The van der Waals surface area contributed by atoms with E-state index in [1.165, 1.54) is 0 Å². The van der Waals surface area contributed by atoms with Crippen LogP contribution in [0.4, 0.5) is 0 Å². The Hall–Kier alpha value is -1.10. The summed E-state index contributed by atoms with van der Waals surface area (Å²) in [5.41, 5.74) is 0.332. The molecule has 2 N–H and O–H groups in total. The van der Waals surface area contributed by atoms with Crippen LogP contribution in [0.15, 0.2) is 12.2 Å². The van der Waals surface area contributed by atoms with E-state index >= 15 is 0 Å². The molecule has 0 rings (SSSR count). The number of hydrogen-bond acceptors (Lipinski definition) is 7. The van der Waals surface area contributed by atoms with Crippen LogP contribution in [0.3, 0.4) is 0 Å². The smallest absolute Gasteiger partial charge is 0.469 e. The number of carboxylic acids is 2. The third kappa shape index (κ3) is 17.1. The Bertz CT molecular complexity index is 699. The highest BCUT2D eigenvalue weighted by Gasteiger charge is 2.51. The highest BCUT2D eigenvalue weighted by Crippen LogP contribution is 2.33. The molecule has 13 heteroatoms. The summed E-state index contributed by atoms with van der Waals surface area (Å²) in [6.45, 7) is 19.8. The van der Waals surface area contributed by atoms with Gasteiger partial charge in [-0.2, -0.15) is 0 Å². The fourth-order valence-electron chi connectivity index (χ4n) is 3.53. The van der Waals surface area contributed by atoms with E-state index < -0.39 is 51.7 Å². The Kier molecular flexibility index (Phi) is 14.1. The van der Waals surface area contributed by atoms with E-state index in [0.717, 1.165) is 0 Å². The lowest BCUT2D eigenvalue weighted by Crippen LogP contribution is -2.61. The zero-order valence-electron chi connectivity index (χ0n) is 22.8. The van der Waals surface area contributed by atoms with E-state index in [1.807, 2.05) is 26.2 Å². The first-order valence-electron chi connectivity index (χ1n) is 12.1. The standard InChI is InChI=1S/C22H46O9Si4/c1-19(2)22(27)28-15-12-18-35(29-32(3,4)5,30-33(6,7)16-10-13-20(23)24)31-34(8,9)17-11-14-21(25)26/h1,10-18H2,2-9H3,(H,23,24)(H,25,26). The zero-order chi connectivity index (χ0) is 27.5. The molecule has 0 atom stereocenters. The SMILES string of the molecule is C=C(C)C(=O)OCCC[Si](O[Si](C)(C)C)(O[Si](C)(C)CCCC(=O)O)O[Si](C)(C)CCCC(=O)O. The molecule has 0 saturated carbocycles. The molecule has 9 nitrogen and oxygen atoms in total. The van der Waals surface area contributed by atoms with E-state index in [0.29, 0.717) is 43.0 Å². The average molecular weight is 567 g/mol. The van der Waals surface area contributed by atoms with Crippen molar-refractivity contribution in [3.8, 4) is 0 Å². The summed E-state index contributed by atoms with van der Waals surface area (Å²) in [4.78, 5) is 33.9. The van der Waals surface area contributed by atoms with Gasteiger partial charge >= 0.3 is 26.7 Å². The normalized spacial score (nSPS) is 12.9. The lowest BCUT2D eigenvalue weighted by molar-refractivity contribution is -0.139. The van der Waals surface area contributed by atoms with Crippen LogP contribution in [-0.4, -0.2) is 68.5 Å². The monoisotopic (exact) mass is 566 g/mol. The van der Waals surface area contributed by atoms with Crippen molar-refractivity contribution >= 4 is 51.7 Å². The molecule has 0 aromatic rings. The number of hydrogen-bond donors (Lipinski definition) is 2. The van der Waals surface area contributed by atoms with Crippen molar-refractivity contribution in [3.63, 3.8) is 0 Å². The van der Waals surface area contributed by atoms with Crippen molar-refractivity contribution in [1.29, 1.82) is 0 Å². The second-order valence-corrected chi connectivity index (χ2v) is 27.7. The number of carbonyl (C=O) groups excluding carboxylic acids is 1. The Balaban J connectivity index is 5.87. The van der Waals surface area contributed by atoms with Gasteiger partial charge in [-0.15, -0.1) is 0 Å². The molecule has 0 spiro atoms. The number of carbonyl (C=O) groups is 3. The second-order valence-electron chi connectivity index (χ2n) is 11.1. The molecular formula is C22H46O9Si4. The van der Waals surface area contributed by atoms with Crippen molar-refractivity contribution in [2.24, 2.45) is 0 Å². The van der Waals surface area contributed by atoms with Gasteiger partial charge in [0.2, 0.25) is 0 Å². The quantitative estimate of drug-likeness (QED) is 0.0906. The van der Waals surface area contributed by atoms with Crippen molar-refractivity contribution in [2.75, 3.05) is 6.61 Å². The summed E-state index contributed by atoms with van der Waals surface area (Å²) < 4.78 is 25.7. The fourth-order valence-corrected chi connectivity index (χ4v) is 20.3. The van der Waals surface area contributed by atoms with Crippen LogP contribution in [-0.2, 0) is 31.5 Å². The molecule has 0 aromatic carbocycles. The molecule has 35 heavy (non-hydrogen) atoms. The van der Waals surface area contributed by atoms with E-state index in [2.05, 4.69) is 26.2 Å².